The number of ether oxygens (including phenoxy) is 1. The third-order valence-corrected chi connectivity index (χ3v) is 3.19. The highest BCUT2D eigenvalue weighted by atomic mass is 19.1. The molecule has 0 amide bonds. The van der Waals surface area contributed by atoms with E-state index in [-0.39, 0.29) is 17.2 Å². The molecule has 1 aliphatic carbocycles. The van der Waals surface area contributed by atoms with Crippen LogP contribution >= 0.6 is 0 Å². The molecule has 1 N–H and O–H groups in total. The first-order valence-corrected chi connectivity index (χ1v) is 6.43. The number of hydrogen-bond acceptors (Lipinski definition) is 2. The van der Waals surface area contributed by atoms with E-state index >= 15 is 0 Å². The Morgan fingerprint density at radius 1 is 1.20 bits per heavy atom. The van der Waals surface area contributed by atoms with Crippen LogP contribution in [0.1, 0.15) is 23.2 Å². The van der Waals surface area contributed by atoms with Gasteiger partial charge >= 0.3 is 5.97 Å². The molecule has 0 radical (unpaired) electrons. The molecular weight excluding hydrogens is 259 g/mol. The molecule has 0 aromatic heterocycles. The van der Waals surface area contributed by atoms with Gasteiger partial charge in [-0.3, -0.25) is 0 Å². The van der Waals surface area contributed by atoms with Gasteiger partial charge in [-0.2, -0.15) is 0 Å². The minimum absolute atomic E-state index is 0.0647. The van der Waals surface area contributed by atoms with E-state index in [1.54, 1.807) is 18.2 Å². The molecule has 1 fully saturated rings. The van der Waals surface area contributed by atoms with Crippen molar-refractivity contribution in [2.24, 2.45) is 0 Å². The van der Waals surface area contributed by atoms with E-state index in [0.29, 0.717) is 11.3 Å². The predicted octanol–water partition coefficient (Wildman–Crippen LogP) is 3.73. The summed E-state index contributed by atoms with van der Waals surface area (Å²) < 4.78 is 19.6. The lowest BCUT2D eigenvalue weighted by Crippen LogP contribution is -1.98. The topological polar surface area (TPSA) is 46.5 Å². The van der Waals surface area contributed by atoms with Crippen molar-refractivity contribution in [3.8, 4) is 16.9 Å². The van der Waals surface area contributed by atoms with Crippen LogP contribution in [0, 0.1) is 5.82 Å². The number of carbonyl (C=O) groups is 1. The van der Waals surface area contributed by atoms with Gasteiger partial charge in [-0.25, -0.2) is 9.18 Å². The van der Waals surface area contributed by atoms with E-state index < -0.39 is 11.8 Å². The van der Waals surface area contributed by atoms with Crippen LogP contribution in [0.3, 0.4) is 0 Å². The van der Waals surface area contributed by atoms with Crippen LogP contribution in [0.25, 0.3) is 11.1 Å². The maximum absolute atomic E-state index is 13.9. The number of carboxylic acids is 1. The molecule has 3 rings (SSSR count). The summed E-state index contributed by atoms with van der Waals surface area (Å²) in [6.07, 6.45) is 2.36. The van der Waals surface area contributed by atoms with Crippen molar-refractivity contribution in [1.82, 2.24) is 0 Å². The van der Waals surface area contributed by atoms with Gasteiger partial charge in [-0.05, 0) is 48.7 Å². The van der Waals surface area contributed by atoms with Crippen molar-refractivity contribution in [2.45, 2.75) is 18.9 Å². The molecule has 102 valence electrons. The summed E-state index contributed by atoms with van der Waals surface area (Å²) in [7, 11) is 0. The standard InChI is InChI=1S/C16H13FO3/c17-15-7-4-11(16(18)19)9-14(15)10-2-1-3-13(8-10)20-12-5-6-12/h1-4,7-9,12H,5-6H2,(H,18,19). The number of halogens is 1. The van der Waals surface area contributed by atoms with E-state index in [2.05, 4.69) is 0 Å². The van der Waals surface area contributed by atoms with Crippen molar-refractivity contribution in [3.63, 3.8) is 0 Å². The molecule has 3 nitrogen and oxygen atoms in total. The molecule has 2 aromatic carbocycles. The first-order valence-electron chi connectivity index (χ1n) is 6.43. The average Bonchev–Trinajstić information content (AvgIpc) is 3.23. The summed E-state index contributed by atoms with van der Waals surface area (Å²) in [5.74, 6) is -0.833. The number of hydrogen-bond donors (Lipinski definition) is 1. The summed E-state index contributed by atoms with van der Waals surface area (Å²) in [5, 5.41) is 8.98. The smallest absolute Gasteiger partial charge is 0.335 e. The molecule has 1 aliphatic rings. The number of aromatic carboxylic acids is 1. The van der Waals surface area contributed by atoms with Crippen molar-refractivity contribution >= 4 is 5.97 Å². The summed E-state index contributed by atoms with van der Waals surface area (Å²) in [5.41, 5.74) is 0.949. The van der Waals surface area contributed by atoms with Gasteiger partial charge in [0.1, 0.15) is 11.6 Å². The molecule has 0 atom stereocenters. The van der Waals surface area contributed by atoms with E-state index in [1.807, 2.05) is 6.07 Å². The van der Waals surface area contributed by atoms with Gasteiger partial charge in [-0.1, -0.05) is 12.1 Å². The molecule has 0 aliphatic heterocycles. The van der Waals surface area contributed by atoms with E-state index in [4.69, 9.17) is 9.84 Å². The fourth-order valence-electron chi connectivity index (χ4n) is 1.99. The lowest BCUT2D eigenvalue weighted by atomic mass is 10.0. The van der Waals surface area contributed by atoms with Crippen LogP contribution in [0.15, 0.2) is 42.5 Å². The summed E-state index contributed by atoms with van der Waals surface area (Å²) in [6.45, 7) is 0. The zero-order valence-corrected chi connectivity index (χ0v) is 10.7. The zero-order valence-electron chi connectivity index (χ0n) is 10.7. The molecule has 20 heavy (non-hydrogen) atoms. The Labute approximate surface area is 115 Å². The fraction of sp³-hybridized carbons (Fsp3) is 0.188. The van der Waals surface area contributed by atoms with Crippen LogP contribution in [0.4, 0.5) is 4.39 Å². The second-order valence-electron chi connectivity index (χ2n) is 4.84. The van der Waals surface area contributed by atoms with Gasteiger partial charge < -0.3 is 9.84 Å². The normalized spacial score (nSPS) is 14.1. The Hall–Kier alpha value is -2.36. The van der Waals surface area contributed by atoms with Gasteiger partial charge in [0.25, 0.3) is 0 Å². The van der Waals surface area contributed by atoms with Gasteiger partial charge in [0, 0.05) is 5.56 Å². The van der Waals surface area contributed by atoms with Gasteiger partial charge in [0.05, 0.1) is 11.7 Å². The quantitative estimate of drug-likeness (QED) is 0.922. The molecule has 0 saturated heterocycles. The van der Waals surface area contributed by atoms with E-state index in [0.717, 1.165) is 12.8 Å². The van der Waals surface area contributed by atoms with Gasteiger partial charge in [0.2, 0.25) is 0 Å². The largest absolute Gasteiger partial charge is 0.490 e. The second kappa shape index (κ2) is 4.96. The van der Waals surface area contributed by atoms with Crippen molar-refractivity contribution in [3.05, 3.63) is 53.8 Å². The Bertz CT molecular complexity index is 663. The molecule has 2 aromatic rings. The molecule has 0 heterocycles. The monoisotopic (exact) mass is 272 g/mol. The average molecular weight is 272 g/mol. The Morgan fingerprint density at radius 3 is 2.70 bits per heavy atom. The first-order chi connectivity index (χ1) is 9.63. The summed E-state index contributed by atoms with van der Waals surface area (Å²) in [4.78, 5) is 11.0. The van der Waals surface area contributed by atoms with Gasteiger partial charge in [0.15, 0.2) is 0 Å². The van der Waals surface area contributed by atoms with E-state index in [1.165, 1.54) is 18.2 Å². The van der Waals surface area contributed by atoms with Crippen molar-refractivity contribution in [1.29, 1.82) is 0 Å². The number of benzene rings is 2. The number of carboxylic acid groups (broad SMARTS) is 1. The zero-order chi connectivity index (χ0) is 14.1. The Kier molecular flexibility index (Phi) is 3.14. The van der Waals surface area contributed by atoms with Crippen LogP contribution in [-0.4, -0.2) is 17.2 Å². The Morgan fingerprint density at radius 2 is 2.00 bits per heavy atom. The van der Waals surface area contributed by atoms with Crippen LogP contribution < -0.4 is 4.74 Å². The third kappa shape index (κ3) is 2.64. The molecule has 0 spiro atoms. The lowest BCUT2D eigenvalue weighted by molar-refractivity contribution is 0.0697. The second-order valence-corrected chi connectivity index (χ2v) is 4.84. The molecule has 0 bridgehead atoms. The third-order valence-electron chi connectivity index (χ3n) is 3.19. The summed E-state index contributed by atoms with van der Waals surface area (Å²) in [6, 6.07) is 10.8. The minimum Gasteiger partial charge on any atom is -0.490 e. The molecule has 0 unspecified atom stereocenters. The highest BCUT2D eigenvalue weighted by Crippen LogP contribution is 2.31. The fourth-order valence-corrected chi connectivity index (χ4v) is 1.99. The summed E-state index contributed by atoms with van der Waals surface area (Å²) >= 11 is 0. The maximum atomic E-state index is 13.9. The van der Waals surface area contributed by atoms with Gasteiger partial charge in [-0.15, -0.1) is 0 Å². The maximum Gasteiger partial charge on any atom is 0.335 e. The van der Waals surface area contributed by atoms with Crippen LogP contribution in [0.2, 0.25) is 0 Å². The highest BCUT2D eigenvalue weighted by molar-refractivity contribution is 5.89. The molecule has 1 saturated carbocycles. The van der Waals surface area contributed by atoms with Crippen LogP contribution in [0.5, 0.6) is 5.75 Å². The molecular formula is C16H13FO3. The minimum atomic E-state index is -1.07. The molecule has 4 heteroatoms. The SMILES string of the molecule is O=C(O)c1ccc(F)c(-c2cccc(OC3CC3)c2)c1. The van der Waals surface area contributed by atoms with E-state index in [9.17, 15) is 9.18 Å². The lowest BCUT2D eigenvalue weighted by Gasteiger charge is -2.08. The predicted molar refractivity (Wildman–Crippen MR) is 72.4 cm³/mol. The number of rotatable bonds is 4. The van der Waals surface area contributed by atoms with Crippen LogP contribution in [-0.2, 0) is 0 Å². The first kappa shape index (κ1) is 12.7. The van der Waals surface area contributed by atoms with Crippen molar-refractivity contribution in [2.75, 3.05) is 0 Å². The van der Waals surface area contributed by atoms with Crippen molar-refractivity contribution < 1.29 is 19.0 Å². The highest BCUT2D eigenvalue weighted by Gasteiger charge is 2.23. The Balaban J connectivity index is 1.98.